The molecule has 0 unspecified atom stereocenters. The SMILES string of the molecule is COc1cccc(-c2cc(C(=O)N3CC[C@@H]4CN(C(=O)/C=C/c5ccc(O)cc5Cl)C[C@@H]4CC3)c[nH]2)c1. The Morgan fingerprint density at radius 1 is 1.05 bits per heavy atom. The quantitative estimate of drug-likeness (QED) is 0.461. The molecule has 2 N–H and O–H groups in total. The van der Waals surface area contributed by atoms with Gasteiger partial charge in [0.05, 0.1) is 17.7 Å². The minimum atomic E-state index is -0.0393. The Labute approximate surface area is 221 Å². The van der Waals surface area contributed by atoms with Gasteiger partial charge in [-0.25, -0.2) is 0 Å². The first-order valence-electron chi connectivity index (χ1n) is 12.5. The van der Waals surface area contributed by atoms with Crippen LogP contribution in [0.1, 0.15) is 28.8 Å². The molecule has 0 aliphatic carbocycles. The van der Waals surface area contributed by atoms with Gasteiger partial charge in [-0.2, -0.15) is 0 Å². The van der Waals surface area contributed by atoms with Crippen molar-refractivity contribution >= 4 is 29.5 Å². The molecule has 8 heteroatoms. The van der Waals surface area contributed by atoms with Gasteiger partial charge in [0.1, 0.15) is 11.5 Å². The number of ether oxygens (including phenoxy) is 1. The number of aromatic amines is 1. The van der Waals surface area contributed by atoms with E-state index in [0.29, 0.717) is 54.2 Å². The van der Waals surface area contributed by atoms with E-state index in [1.165, 1.54) is 6.07 Å². The lowest BCUT2D eigenvalue weighted by Gasteiger charge is -2.21. The number of aromatic hydroxyl groups is 1. The zero-order valence-corrected chi connectivity index (χ0v) is 21.4. The van der Waals surface area contributed by atoms with Gasteiger partial charge in [0.2, 0.25) is 5.91 Å². The second kappa shape index (κ2) is 10.7. The monoisotopic (exact) mass is 519 g/mol. The summed E-state index contributed by atoms with van der Waals surface area (Å²) < 4.78 is 5.31. The van der Waals surface area contributed by atoms with Crippen LogP contribution in [0.25, 0.3) is 17.3 Å². The number of hydrogen-bond donors (Lipinski definition) is 2. The minimum absolute atomic E-state index is 0.0343. The first kappa shape index (κ1) is 25.0. The fraction of sp³-hybridized carbons (Fsp3) is 0.310. The topological polar surface area (TPSA) is 85.9 Å². The number of aromatic nitrogens is 1. The fourth-order valence-corrected chi connectivity index (χ4v) is 5.54. The number of phenols is 1. The zero-order valence-electron chi connectivity index (χ0n) is 20.7. The number of carbonyl (C=O) groups excluding carboxylic acids is 2. The van der Waals surface area contributed by atoms with E-state index in [-0.39, 0.29) is 17.6 Å². The number of nitrogens with one attached hydrogen (secondary N) is 1. The zero-order chi connectivity index (χ0) is 25.9. The van der Waals surface area contributed by atoms with Gasteiger partial charge in [0.25, 0.3) is 5.91 Å². The third kappa shape index (κ3) is 5.52. The van der Waals surface area contributed by atoms with Gasteiger partial charge in [-0.1, -0.05) is 23.7 Å². The van der Waals surface area contributed by atoms with Crippen molar-refractivity contribution in [1.82, 2.24) is 14.8 Å². The molecule has 3 aromatic rings. The molecule has 0 spiro atoms. The van der Waals surface area contributed by atoms with Crippen LogP contribution in [0.4, 0.5) is 0 Å². The number of hydrogen-bond acceptors (Lipinski definition) is 4. The fourth-order valence-electron chi connectivity index (χ4n) is 5.31. The molecule has 2 saturated heterocycles. The van der Waals surface area contributed by atoms with E-state index >= 15 is 0 Å². The molecule has 5 rings (SSSR count). The highest BCUT2D eigenvalue weighted by molar-refractivity contribution is 6.32. The molecule has 37 heavy (non-hydrogen) atoms. The van der Waals surface area contributed by atoms with Crippen LogP contribution in [0, 0.1) is 11.8 Å². The van der Waals surface area contributed by atoms with E-state index in [4.69, 9.17) is 16.3 Å². The molecule has 2 fully saturated rings. The molecular weight excluding hydrogens is 490 g/mol. The van der Waals surface area contributed by atoms with Crippen LogP contribution in [-0.2, 0) is 4.79 Å². The summed E-state index contributed by atoms with van der Waals surface area (Å²) in [6, 6.07) is 14.3. The van der Waals surface area contributed by atoms with Crippen LogP contribution in [0.15, 0.2) is 60.8 Å². The Morgan fingerprint density at radius 2 is 1.81 bits per heavy atom. The summed E-state index contributed by atoms with van der Waals surface area (Å²) in [6.45, 7) is 2.76. The van der Waals surface area contributed by atoms with Crippen LogP contribution in [0.3, 0.4) is 0 Å². The highest BCUT2D eigenvalue weighted by Crippen LogP contribution is 2.33. The molecule has 2 aliphatic heterocycles. The molecule has 7 nitrogen and oxygen atoms in total. The van der Waals surface area contributed by atoms with E-state index in [9.17, 15) is 14.7 Å². The number of fused-ring (bicyclic) bond motifs is 1. The van der Waals surface area contributed by atoms with E-state index in [1.807, 2.05) is 40.1 Å². The Balaban J connectivity index is 1.18. The van der Waals surface area contributed by atoms with E-state index < -0.39 is 0 Å². The van der Waals surface area contributed by atoms with Gasteiger partial charge in [-0.15, -0.1) is 0 Å². The Kier molecular flexibility index (Phi) is 7.24. The van der Waals surface area contributed by atoms with Gasteiger partial charge in [0, 0.05) is 49.7 Å². The molecule has 2 aliphatic rings. The molecule has 1 aromatic heterocycles. The lowest BCUT2D eigenvalue weighted by Crippen LogP contribution is -2.33. The number of phenolic OH excluding ortho intramolecular Hbond substituents is 1. The number of nitrogens with zero attached hydrogens (tertiary/aromatic N) is 2. The first-order chi connectivity index (χ1) is 17.9. The summed E-state index contributed by atoms with van der Waals surface area (Å²) in [5, 5.41) is 9.90. The largest absolute Gasteiger partial charge is 0.508 e. The number of carbonyl (C=O) groups is 2. The van der Waals surface area contributed by atoms with E-state index in [0.717, 1.165) is 29.8 Å². The van der Waals surface area contributed by atoms with Crippen LogP contribution in [0.2, 0.25) is 5.02 Å². The van der Waals surface area contributed by atoms with Crippen molar-refractivity contribution in [3.8, 4) is 22.8 Å². The normalized spacial score (nSPS) is 19.6. The van der Waals surface area contributed by atoms with Gasteiger partial charge in [-0.05, 0) is 72.7 Å². The number of benzene rings is 2. The van der Waals surface area contributed by atoms with Gasteiger partial charge in [0.15, 0.2) is 0 Å². The van der Waals surface area contributed by atoms with Crippen molar-refractivity contribution in [2.24, 2.45) is 11.8 Å². The second-order valence-electron chi connectivity index (χ2n) is 9.71. The van der Waals surface area contributed by atoms with Gasteiger partial charge in [-0.3, -0.25) is 9.59 Å². The Morgan fingerprint density at radius 3 is 2.51 bits per heavy atom. The van der Waals surface area contributed by atoms with E-state index in [1.54, 1.807) is 37.6 Å². The summed E-state index contributed by atoms with van der Waals surface area (Å²) in [7, 11) is 1.64. The highest BCUT2D eigenvalue weighted by atomic mass is 35.5. The molecule has 2 atom stereocenters. The molecule has 2 aromatic carbocycles. The maximum absolute atomic E-state index is 13.3. The number of rotatable bonds is 5. The maximum atomic E-state index is 13.3. The third-order valence-corrected chi connectivity index (χ3v) is 7.74. The molecule has 0 bridgehead atoms. The highest BCUT2D eigenvalue weighted by Gasteiger charge is 2.37. The summed E-state index contributed by atoms with van der Waals surface area (Å²) in [4.78, 5) is 33.1. The summed E-state index contributed by atoms with van der Waals surface area (Å²) in [6.07, 6.45) is 6.76. The minimum Gasteiger partial charge on any atom is -0.508 e. The average Bonchev–Trinajstić information content (AvgIpc) is 3.51. The lowest BCUT2D eigenvalue weighted by atomic mass is 9.92. The number of amides is 2. The molecule has 2 amide bonds. The van der Waals surface area contributed by atoms with Crippen LogP contribution in [0.5, 0.6) is 11.5 Å². The van der Waals surface area contributed by atoms with Crippen molar-refractivity contribution in [3.63, 3.8) is 0 Å². The Bertz CT molecular complexity index is 1320. The summed E-state index contributed by atoms with van der Waals surface area (Å²) >= 11 is 6.14. The van der Waals surface area contributed by atoms with Crippen molar-refractivity contribution in [1.29, 1.82) is 0 Å². The number of halogens is 1. The van der Waals surface area contributed by atoms with Crippen LogP contribution < -0.4 is 4.74 Å². The maximum Gasteiger partial charge on any atom is 0.255 e. The second-order valence-corrected chi connectivity index (χ2v) is 10.1. The van der Waals surface area contributed by atoms with Crippen molar-refractivity contribution in [2.45, 2.75) is 12.8 Å². The summed E-state index contributed by atoms with van der Waals surface area (Å²) in [5.74, 6) is 1.62. The lowest BCUT2D eigenvalue weighted by molar-refractivity contribution is -0.125. The predicted molar refractivity (Wildman–Crippen MR) is 144 cm³/mol. The molecule has 192 valence electrons. The molecular formula is C29H30ClN3O4. The first-order valence-corrected chi connectivity index (χ1v) is 12.9. The molecule has 0 radical (unpaired) electrons. The smallest absolute Gasteiger partial charge is 0.255 e. The van der Waals surface area contributed by atoms with Gasteiger partial charge < -0.3 is 24.6 Å². The number of likely N-dealkylation sites (tertiary alicyclic amines) is 2. The molecule has 0 saturated carbocycles. The Hall–Kier alpha value is -3.71. The van der Waals surface area contributed by atoms with Crippen molar-refractivity contribution < 1.29 is 19.4 Å². The average molecular weight is 520 g/mol. The van der Waals surface area contributed by atoms with Crippen LogP contribution in [-0.4, -0.2) is 65.0 Å². The predicted octanol–water partition coefficient (Wildman–Crippen LogP) is 5.07. The standard InChI is InChI=1S/C29H30ClN3O4/c1-37-25-4-2-3-20(13-25)27-14-23(16-31-27)29(36)32-11-9-21-17-33(18-22(21)10-12-32)28(35)8-6-19-5-7-24(34)15-26(19)30/h2-8,13-16,21-22,31,34H,9-12,17-18H2,1H3/b8-6+/t21-,22+. The van der Waals surface area contributed by atoms with Gasteiger partial charge >= 0.3 is 0 Å². The van der Waals surface area contributed by atoms with E-state index in [2.05, 4.69) is 4.98 Å². The number of methoxy groups -OCH3 is 1. The summed E-state index contributed by atoms with van der Waals surface area (Å²) in [5.41, 5.74) is 3.19. The van der Waals surface area contributed by atoms with Crippen molar-refractivity contribution in [3.05, 3.63) is 77.0 Å². The number of H-pyrrole nitrogens is 1. The molecule has 3 heterocycles. The van der Waals surface area contributed by atoms with Crippen LogP contribution >= 0.6 is 11.6 Å². The van der Waals surface area contributed by atoms with Crippen molar-refractivity contribution in [2.75, 3.05) is 33.3 Å². The third-order valence-electron chi connectivity index (χ3n) is 7.42.